The van der Waals surface area contributed by atoms with E-state index in [1.807, 2.05) is 12.4 Å². The summed E-state index contributed by atoms with van der Waals surface area (Å²) in [6.45, 7) is 3.64. The van der Waals surface area contributed by atoms with E-state index >= 15 is 0 Å². The van der Waals surface area contributed by atoms with Gasteiger partial charge in [-0.3, -0.25) is 4.90 Å². The first-order valence-corrected chi connectivity index (χ1v) is 7.00. The van der Waals surface area contributed by atoms with Crippen molar-refractivity contribution in [2.24, 2.45) is 0 Å². The summed E-state index contributed by atoms with van der Waals surface area (Å²) < 4.78 is 5.25. The zero-order chi connectivity index (χ0) is 12.5. The molecule has 1 aliphatic carbocycles. The summed E-state index contributed by atoms with van der Waals surface area (Å²) in [5.41, 5.74) is 3.00. The Morgan fingerprint density at radius 1 is 1.44 bits per heavy atom. The number of aromatic nitrogens is 3. The van der Waals surface area contributed by atoms with Crippen LogP contribution in [-0.4, -0.2) is 27.1 Å². The lowest BCUT2D eigenvalue weighted by molar-refractivity contribution is 0.301. The summed E-state index contributed by atoms with van der Waals surface area (Å²) in [5, 5.41) is 4.03. The van der Waals surface area contributed by atoms with E-state index in [2.05, 4.69) is 27.1 Å². The second-order valence-corrected chi connectivity index (χ2v) is 5.80. The zero-order valence-corrected chi connectivity index (χ0v) is 11.4. The Morgan fingerprint density at radius 3 is 2.94 bits per heavy atom. The van der Waals surface area contributed by atoms with E-state index in [1.54, 1.807) is 11.3 Å². The molecule has 3 rings (SSSR count). The Balaban J connectivity index is 1.59. The summed E-state index contributed by atoms with van der Waals surface area (Å²) >= 11 is 1.69. The van der Waals surface area contributed by atoms with Crippen molar-refractivity contribution in [2.45, 2.75) is 38.8 Å². The Bertz CT molecular complexity index is 532. The van der Waals surface area contributed by atoms with Gasteiger partial charge in [0.1, 0.15) is 0 Å². The fraction of sp³-hybridized carbons (Fsp3) is 0.583. The summed E-state index contributed by atoms with van der Waals surface area (Å²) in [7, 11) is 2.06. The molecule has 6 heteroatoms. The second kappa shape index (κ2) is 4.78. The van der Waals surface area contributed by atoms with Gasteiger partial charge in [-0.15, -0.1) is 11.3 Å². The van der Waals surface area contributed by atoms with Crippen LogP contribution in [0, 0.1) is 6.92 Å². The van der Waals surface area contributed by atoms with Gasteiger partial charge in [0.15, 0.2) is 5.82 Å². The molecule has 0 radical (unpaired) electrons. The zero-order valence-electron chi connectivity index (χ0n) is 10.6. The molecule has 18 heavy (non-hydrogen) atoms. The molecule has 0 spiro atoms. The van der Waals surface area contributed by atoms with Gasteiger partial charge in [-0.1, -0.05) is 5.16 Å². The minimum atomic E-state index is 0.528. The number of aryl methyl sites for hydroxylation is 1. The highest BCUT2D eigenvalue weighted by molar-refractivity contribution is 7.09. The average Bonchev–Trinajstić information content (AvgIpc) is 2.97. The first-order valence-electron chi connectivity index (χ1n) is 6.12. The maximum absolute atomic E-state index is 5.25. The molecular weight excluding hydrogens is 248 g/mol. The fourth-order valence-electron chi connectivity index (χ4n) is 1.85. The number of nitrogens with zero attached hydrogens (tertiary/aromatic N) is 4. The normalized spacial score (nSPS) is 15.5. The standard InChI is InChI=1S/C12H16N4OS/c1-8-10(18-7-13-8)5-16(2)6-11-14-12(17-15-11)9-3-4-9/h7,9H,3-6H2,1-2H3. The highest BCUT2D eigenvalue weighted by Gasteiger charge is 2.29. The number of thiazole rings is 1. The van der Waals surface area contributed by atoms with Crippen molar-refractivity contribution < 1.29 is 4.52 Å². The van der Waals surface area contributed by atoms with Crippen molar-refractivity contribution in [1.82, 2.24) is 20.0 Å². The van der Waals surface area contributed by atoms with Gasteiger partial charge in [0, 0.05) is 17.3 Å². The van der Waals surface area contributed by atoms with Crippen molar-refractivity contribution in [1.29, 1.82) is 0 Å². The predicted molar refractivity (Wildman–Crippen MR) is 68.3 cm³/mol. The van der Waals surface area contributed by atoms with Crippen LogP contribution in [0.4, 0.5) is 0 Å². The van der Waals surface area contributed by atoms with E-state index < -0.39 is 0 Å². The highest BCUT2D eigenvalue weighted by atomic mass is 32.1. The Kier molecular flexibility index (Phi) is 3.13. The van der Waals surface area contributed by atoms with Crippen LogP contribution < -0.4 is 0 Å². The second-order valence-electron chi connectivity index (χ2n) is 4.86. The van der Waals surface area contributed by atoms with Crippen LogP contribution >= 0.6 is 11.3 Å². The molecule has 1 saturated carbocycles. The maximum Gasteiger partial charge on any atom is 0.229 e. The molecule has 0 atom stereocenters. The molecule has 1 aliphatic rings. The molecule has 0 bridgehead atoms. The molecule has 2 aromatic rings. The monoisotopic (exact) mass is 264 g/mol. The van der Waals surface area contributed by atoms with Gasteiger partial charge < -0.3 is 4.52 Å². The lowest BCUT2D eigenvalue weighted by atomic mass is 10.3. The van der Waals surface area contributed by atoms with Crippen LogP contribution in [0.25, 0.3) is 0 Å². The number of rotatable bonds is 5. The van der Waals surface area contributed by atoms with Crippen molar-refractivity contribution in [3.05, 3.63) is 27.8 Å². The smallest absolute Gasteiger partial charge is 0.229 e. The molecule has 5 nitrogen and oxygen atoms in total. The molecule has 0 aliphatic heterocycles. The van der Waals surface area contributed by atoms with Gasteiger partial charge in [-0.2, -0.15) is 4.98 Å². The molecule has 2 aromatic heterocycles. The van der Waals surface area contributed by atoms with Crippen molar-refractivity contribution in [3.8, 4) is 0 Å². The van der Waals surface area contributed by atoms with E-state index in [9.17, 15) is 0 Å². The van der Waals surface area contributed by atoms with Gasteiger partial charge in [0.05, 0.1) is 17.7 Å². The maximum atomic E-state index is 5.25. The molecule has 0 saturated heterocycles. The third-order valence-corrected chi connectivity index (χ3v) is 4.00. The summed E-state index contributed by atoms with van der Waals surface area (Å²) in [6, 6.07) is 0. The molecule has 0 unspecified atom stereocenters. The van der Waals surface area contributed by atoms with Crippen molar-refractivity contribution in [3.63, 3.8) is 0 Å². The molecule has 0 aromatic carbocycles. The first kappa shape index (κ1) is 11.8. The molecule has 0 amide bonds. The summed E-state index contributed by atoms with van der Waals surface area (Å²) in [4.78, 5) is 12.2. The lowest BCUT2D eigenvalue weighted by Gasteiger charge is -2.12. The Labute approximate surface area is 110 Å². The van der Waals surface area contributed by atoms with Gasteiger partial charge in [-0.05, 0) is 26.8 Å². The summed E-state index contributed by atoms with van der Waals surface area (Å²) in [5.74, 6) is 2.12. The average molecular weight is 264 g/mol. The largest absolute Gasteiger partial charge is 0.339 e. The molecule has 2 heterocycles. The van der Waals surface area contributed by atoms with Crippen molar-refractivity contribution in [2.75, 3.05) is 7.05 Å². The fourth-order valence-corrected chi connectivity index (χ4v) is 2.70. The van der Waals surface area contributed by atoms with Gasteiger partial charge in [0.2, 0.25) is 5.89 Å². The van der Waals surface area contributed by atoms with Crippen LogP contribution in [0.1, 0.15) is 41.0 Å². The van der Waals surface area contributed by atoms with Crippen molar-refractivity contribution >= 4 is 11.3 Å². The first-order chi connectivity index (χ1) is 8.72. The van der Waals surface area contributed by atoms with Gasteiger partial charge >= 0.3 is 0 Å². The molecule has 96 valence electrons. The van der Waals surface area contributed by atoms with E-state index in [0.717, 1.165) is 24.0 Å². The van der Waals surface area contributed by atoms with E-state index in [4.69, 9.17) is 4.52 Å². The molecule has 0 N–H and O–H groups in total. The number of hydrogen-bond acceptors (Lipinski definition) is 6. The number of hydrogen-bond donors (Lipinski definition) is 0. The van der Waals surface area contributed by atoms with E-state index in [0.29, 0.717) is 12.5 Å². The Morgan fingerprint density at radius 2 is 2.28 bits per heavy atom. The van der Waals surface area contributed by atoms with Gasteiger partial charge in [0.25, 0.3) is 0 Å². The highest BCUT2D eigenvalue weighted by Crippen LogP contribution is 2.38. The van der Waals surface area contributed by atoms with E-state index in [-0.39, 0.29) is 0 Å². The van der Waals surface area contributed by atoms with Gasteiger partial charge in [-0.25, -0.2) is 4.98 Å². The van der Waals surface area contributed by atoms with E-state index in [1.165, 1.54) is 17.7 Å². The van der Waals surface area contributed by atoms with Crippen LogP contribution in [0.15, 0.2) is 10.0 Å². The quantitative estimate of drug-likeness (QED) is 0.829. The summed E-state index contributed by atoms with van der Waals surface area (Å²) in [6.07, 6.45) is 2.38. The Hall–Kier alpha value is -1.27. The third kappa shape index (κ3) is 2.59. The van der Waals surface area contributed by atoms with Crippen LogP contribution in [0.2, 0.25) is 0 Å². The van der Waals surface area contributed by atoms with Crippen LogP contribution in [-0.2, 0) is 13.1 Å². The molecule has 1 fully saturated rings. The minimum Gasteiger partial charge on any atom is -0.339 e. The third-order valence-electron chi connectivity index (χ3n) is 3.08. The van der Waals surface area contributed by atoms with Crippen LogP contribution in [0.5, 0.6) is 0 Å². The topological polar surface area (TPSA) is 55.1 Å². The predicted octanol–water partition coefficient (Wildman–Crippen LogP) is 2.34. The SMILES string of the molecule is Cc1ncsc1CN(C)Cc1noc(C2CC2)n1. The molecular formula is C12H16N4OS. The minimum absolute atomic E-state index is 0.528. The lowest BCUT2D eigenvalue weighted by Crippen LogP contribution is -2.18. The van der Waals surface area contributed by atoms with Crippen LogP contribution in [0.3, 0.4) is 0 Å².